The fraction of sp³-hybridized carbons (Fsp3) is 0.800. The first-order valence-corrected chi connectivity index (χ1v) is 5.08. The maximum atomic E-state index is 7.08. The third-order valence-corrected chi connectivity index (χ3v) is 2.52. The number of rotatable bonds is 6. The van der Waals surface area contributed by atoms with Crippen molar-refractivity contribution in [2.75, 3.05) is 6.54 Å². The second-order valence-electron chi connectivity index (χ2n) is 3.27. The van der Waals surface area contributed by atoms with Crippen LogP contribution in [0.1, 0.15) is 40.0 Å². The van der Waals surface area contributed by atoms with Gasteiger partial charge in [0, 0.05) is 6.54 Å². The first-order chi connectivity index (χ1) is 6.15. The van der Waals surface area contributed by atoms with Crippen LogP contribution in [0.4, 0.5) is 0 Å². The molecular formula is C10H22N3. The standard InChI is InChI=1S/C10H22N3/c1-4-8(5-2)9(6-3)7-13-10(11)12/h9H,4-7H2,1-3H3,(H4,11,12,13). The summed E-state index contributed by atoms with van der Waals surface area (Å²) in [5, 5.41) is 9.96. The molecule has 0 bridgehead atoms. The van der Waals surface area contributed by atoms with Crippen LogP contribution in [-0.4, -0.2) is 12.5 Å². The summed E-state index contributed by atoms with van der Waals surface area (Å²) < 4.78 is 0. The topological polar surface area (TPSA) is 61.9 Å². The molecule has 1 radical (unpaired) electrons. The van der Waals surface area contributed by atoms with Gasteiger partial charge in [0.1, 0.15) is 0 Å². The van der Waals surface area contributed by atoms with Gasteiger partial charge in [-0.1, -0.05) is 27.2 Å². The Balaban J connectivity index is 3.92. The van der Waals surface area contributed by atoms with Gasteiger partial charge in [0.05, 0.1) is 0 Å². The zero-order valence-electron chi connectivity index (χ0n) is 8.98. The van der Waals surface area contributed by atoms with E-state index in [1.807, 2.05) is 0 Å². The van der Waals surface area contributed by atoms with Gasteiger partial charge in [0.25, 0.3) is 0 Å². The average molecular weight is 184 g/mol. The monoisotopic (exact) mass is 184 g/mol. The molecule has 0 aliphatic rings. The van der Waals surface area contributed by atoms with Crippen molar-refractivity contribution in [2.45, 2.75) is 40.0 Å². The Bertz CT molecular complexity index is 141. The minimum absolute atomic E-state index is 0.0741. The molecule has 0 aromatic carbocycles. The fourth-order valence-corrected chi connectivity index (χ4v) is 1.64. The summed E-state index contributed by atoms with van der Waals surface area (Å²) >= 11 is 0. The smallest absolute Gasteiger partial charge is 0.185 e. The molecule has 0 rings (SSSR count). The number of nitrogens with two attached hydrogens (primary N) is 1. The first-order valence-electron chi connectivity index (χ1n) is 5.08. The van der Waals surface area contributed by atoms with Gasteiger partial charge < -0.3 is 11.1 Å². The highest BCUT2D eigenvalue weighted by Gasteiger charge is 2.16. The third-order valence-electron chi connectivity index (χ3n) is 2.52. The molecule has 0 fully saturated rings. The minimum atomic E-state index is 0.0741. The number of hydrogen-bond acceptors (Lipinski definition) is 1. The second-order valence-corrected chi connectivity index (χ2v) is 3.27. The van der Waals surface area contributed by atoms with Crippen LogP contribution in [0.2, 0.25) is 0 Å². The first kappa shape index (κ1) is 12.3. The van der Waals surface area contributed by atoms with Gasteiger partial charge >= 0.3 is 0 Å². The van der Waals surface area contributed by atoms with Gasteiger partial charge in [-0.2, -0.15) is 0 Å². The minimum Gasteiger partial charge on any atom is -0.370 e. The summed E-state index contributed by atoms with van der Waals surface area (Å²) in [7, 11) is 0. The van der Waals surface area contributed by atoms with Crippen molar-refractivity contribution in [2.24, 2.45) is 11.7 Å². The predicted octanol–water partition coefficient (Wildman–Crippen LogP) is 1.89. The van der Waals surface area contributed by atoms with Crippen LogP contribution < -0.4 is 11.1 Å². The Morgan fingerprint density at radius 1 is 1.31 bits per heavy atom. The molecule has 0 saturated heterocycles. The van der Waals surface area contributed by atoms with Gasteiger partial charge in [-0.3, -0.25) is 5.41 Å². The van der Waals surface area contributed by atoms with Crippen LogP contribution in [0.5, 0.6) is 0 Å². The maximum Gasteiger partial charge on any atom is 0.185 e. The third kappa shape index (κ3) is 4.76. The van der Waals surface area contributed by atoms with E-state index >= 15 is 0 Å². The van der Waals surface area contributed by atoms with Gasteiger partial charge in [0.15, 0.2) is 5.96 Å². The zero-order valence-corrected chi connectivity index (χ0v) is 8.98. The van der Waals surface area contributed by atoms with Crippen LogP contribution in [0, 0.1) is 17.2 Å². The second kappa shape index (κ2) is 6.75. The quantitative estimate of drug-likeness (QED) is 0.436. The Labute approximate surface area is 81.6 Å². The van der Waals surface area contributed by atoms with Gasteiger partial charge in [-0.15, -0.1) is 0 Å². The summed E-state index contributed by atoms with van der Waals surface area (Å²) in [5.74, 6) is 2.21. The molecule has 0 spiro atoms. The summed E-state index contributed by atoms with van der Waals surface area (Å²) in [6.45, 7) is 7.37. The van der Waals surface area contributed by atoms with Crippen LogP contribution >= 0.6 is 0 Å². The lowest BCUT2D eigenvalue weighted by molar-refractivity contribution is 0.472. The van der Waals surface area contributed by atoms with Crippen LogP contribution in [0.3, 0.4) is 0 Å². The summed E-state index contributed by atoms with van der Waals surface area (Å²) in [4.78, 5) is 0. The van der Waals surface area contributed by atoms with E-state index in [4.69, 9.17) is 11.1 Å². The maximum absolute atomic E-state index is 7.08. The molecule has 1 unspecified atom stereocenters. The van der Waals surface area contributed by atoms with Crippen molar-refractivity contribution in [1.29, 1.82) is 5.41 Å². The van der Waals surface area contributed by atoms with E-state index in [0.29, 0.717) is 5.92 Å². The molecule has 13 heavy (non-hydrogen) atoms. The molecular weight excluding hydrogens is 162 g/mol. The van der Waals surface area contributed by atoms with Crippen molar-refractivity contribution in [1.82, 2.24) is 5.32 Å². The lowest BCUT2D eigenvalue weighted by atomic mass is 9.86. The lowest BCUT2D eigenvalue weighted by Crippen LogP contribution is -2.35. The van der Waals surface area contributed by atoms with Crippen LogP contribution in [0.25, 0.3) is 0 Å². The van der Waals surface area contributed by atoms with Gasteiger partial charge in [-0.05, 0) is 24.7 Å². The largest absolute Gasteiger partial charge is 0.370 e. The molecule has 0 aliphatic heterocycles. The Morgan fingerprint density at radius 3 is 2.15 bits per heavy atom. The summed E-state index contributed by atoms with van der Waals surface area (Å²) in [5.41, 5.74) is 5.24. The molecule has 77 valence electrons. The van der Waals surface area contributed by atoms with E-state index in [1.165, 1.54) is 0 Å². The summed E-state index contributed by atoms with van der Waals surface area (Å²) in [6.07, 6.45) is 3.39. The van der Waals surface area contributed by atoms with E-state index in [9.17, 15) is 0 Å². The number of guanidine groups is 1. The molecule has 0 aromatic heterocycles. The molecule has 0 saturated carbocycles. The molecule has 0 aliphatic carbocycles. The molecule has 3 nitrogen and oxygen atoms in total. The van der Waals surface area contributed by atoms with E-state index in [2.05, 4.69) is 26.1 Å². The van der Waals surface area contributed by atoms with Crippen molar-refractivity contribution in [3.8, 4) is 0 Å². The SMILES string of the molecule is CC[C](CC)C(CC)CNC(=N)N. The van der Waals surface area contributed by atoms with Gasteiger partial charge in [0.2, 0.25) is 0 Å². The zero-order chi connectivity index (χ0) is 10.3. The van der Waals surface area contributed by atoms with E-state index in [-0.39, 0.29) is 5.96 Å². The van der Waals surface area contributed by atoms with Crippen molar-refractivity contribution in [3.63, 3.8) is 0 Å². The Kier molecular flexibility index (Phi) is 6.37. The molecule has 1 atom stereocenters. The molecule has 0 heterocycles. The highest BCUT2D eigenvalue weighted by Crippen LogP contribution is 2.23. The normalized spacial score (nSPS) is 12.9. The number of hydrogen-bond donors (Lipinski definition) is 3. The molecule has 0 aromatic rings. The van der Waals surface area contributed by atoms with Crippen molar-refractivity contribution < 1.29 is 0 Å². The molecule has 0 amide bonds. The van der Waals surface area contributed by atoms with E-state index in [1.54, 1.807) is 5.92 Å². The number of nitrogens with one attached hydrogen (secondary N) is 2. The fourth-order valence-electron chi connectivity index (χ4n) is 1.64. The molecule has 4 N–H and O–H groups in total. The van der Waals surface area contributed by atoms with E-state index < -0.39 is 0 Å². The average Bonchev–Trinajstić information content (AvgIpc) is 2.11. The predicted molar refractivity (Wildman–Crippen MR) is 57.5 cm³/mol. The van der Waals surface area contributed by atoms with E-state index in [0.717, 1.165) is 25.8 Å². The lowest BCUT2D eigenvalue weighted by Gasteiger charge is -2.23. The van der Waals surface area contributed by atoms with Crippen LogP contribution in [0.15, 0.2) is 0 Å². The molecule has 3 heteroatoms. The Morgan fingerprint density at radius 2 is 1.85 bits per heavy atom. The van der Waals surface area contributed by atoms with Crippen molar-refractivity contribution >= 4 is 5.96 Å². The highest BCUT2D eigenvalue weighted by molar-refractivity contribution is 5.74. The van der Waals surface area contributed by atoms with Gasteiger partial charge in [-0.25, -0.2) is 0 Å². The highest BCUT2D eigenvalue weighted by atomic mass is 15.0. The Hall–Kier alpha value is -0.730. The van der Waals surface area contributed by atoms with Crippen LogP contribution in [-0.2, 0) is 0 Å². The summed E-state index contributed by atoms with van der Waals surface area (Å²) in [6, 6.07) is 0. The van der Waals surface area contributed by atoms with Crippen molar-refractivity contribution in [3.05, 3.63) is 5.92 Å².